The third-order valence-electron chi connectivity index (χ3n) is 3.67. The van der Waals surface area contributed by atoms with Gasteiger partial charge in [0.15, 0.2) is 0 Å². The van der Waals surface area contributed by atoms with Crippen molar-refractivity contribution < 1.29 is 0 Å². The molecule has 1 aromatic heterocycles. The van der Waals surface area contributed by atoms with E-state index in [1.165, 1.54) is 21.4 Å². The minimum Gasteiger partial charge on any atom is -0.314 e. The number of allylic oxidation sites excluding steroid dienone is 1. The van der Waals surface area contributed by atoms with E-state index < -0.39 is 0 Å². The Kier molecular flexibility index (Phi) is 4.66. The van der Waals surface area contributed by atoms with Gasteiger partial charge in [0.1, 0.15) is 5.01 Å². The first kappa shape index (κ1) is 14.9. The summed E-state index contributed by atoms with van der Waals surface area (Å²) in [5, 5.41) is 4.41. The highest BCUT2D eigenvalue weighted by Gasteiger charge is 2.07. The molecule has 1 heterocycles. The maximum atomic E-state index is 4.75. The van der Waals surface area contributed by atoms with Crippen LogP contribution in [-0.4, -0.2) is 18.1 Å². The van der Waals surface area contributed by atoms with E-state index in [0.29, 0.717) is 0 Å². The Labute approximate surface area is 135 Å². The standard InChI is InChI=1S/C19H20N2S/c1-3-20-12-11-14(2)16-9-10-17-18(13-16)22-19(21-17)15-7-5-4-6-8-15/h4-11,13,20H,3,12H2,1-2H3/b14-11+. The van der Waals surface area contributed by atoms with Crippen molar-refractivity contribution in [2.75, 3.05) is 13.1 Å². The van der Waals surface area contributed by atoms with E-state index in [1.807, 2.05) is 6.07 Å². The second-order valence-corrected chi connectivity index (χ2v) is 6.29. The van der Waals surface area contributed by atoms with Crippen molar-refractivity contribution in [3.63, 3.8) is 0 Å². The summed E-state index contributed by atoms with van der Waals surface area (Å²) in [4.78, 5) is 4.75. The molecule has 0 saturated carbocycles. The highest BCUT2D eigenvalue weighted by molar-refractivity contribution is 7.21. The van der Waals surface area contributed by atoms with Gasteiger partial charge in [-0.25, -0.2) is 4.98 Å². The van der Waals surface area contributed by atoms with E-state index in [9.17, 15) is 0 Å². The van der Waals surface area contributed by atoms with E-state index in [0.717, 1.165) is 23.6 Å². The van der Waals surface area contributed by atoms with Crippen molar-refractivity contribution in [3.8, 4) is 10.6 Å². The van der Waals surface area contributed by atoms with Crippen molar-refractivity contribution in [2.45, 2.75) is 13.8 Å². The molecule has 2 aromatic carbocycles. The van der Waals surface area contributed by atoms with Gasteiger partial charge < -0.3 is 5.32 Å². The number of likely N-dealkylation sites (N-methyl/N-ethyl adjacent to an activating group) is 1. The fourth-order valence-electron chi connectivity index (χ4n) is 2.36. The number of aromatic nitrogens is 1. The molecule has 112 valence electrons. The van der Waals surface area contributed by atoms with E-state index in [4.69, 9.17) is 4.98 Å². The lowest BCUT2D eigenvalue weighted by Gasteiger charge is -2.02. The van der Waals surface area contributed by atoms with Crippen LogP contribution in [0.3, 0.4) is 0 Å². The smallest absolute Gasteiger partial charge is 0.124 e. The second-order valence-electron chi connectivity index (χ2n) is 5.26. The van der Waals surface area contributed by atoms with Crippen LogP contribution in [0.25, 0.3) is 26.4 Å². The molecule has 0 aliphatic rings. The Bertz CT molecular complexity index is 788. The first-order chi connectivity index (χ1) is 10.8. The molecule has 3 heteroatoms. The predicted octanol–water partition coefficient (Wildman–Crippen LogP) is 4.98. The number of thiazole rings is 1. The van der Waals surface area contributed by atoms with E-state index in [1.54, 1.807) is 11.3 Å². The third-order valence-corrected chi connectivity index (χ3v) is 4.73. The van der Waals surface area contributed by atoms with Gasteiger partial charge in [-0.3, -0.25) is 0 Å². The minimum atomic E-state index is 0.915. The molecular weight excluding hydrogens is 288 g/mol. The molecule has 0 radical (unpaired) electrons. The molecule has 0 saturated heterocycles. The third kappa shape index (κ3) is 3.26. The zero-order valence-electron chi connectivity index (χ0n) is 13.0. The summed E-state index contributed by atoms with van der Waals surface area (Å²) in [5.74, 6) is 0. The zero-order valence-corrected chi connectivity index (χ0v) is 13.8. The largest absolute Gasteiger partial charge is 0.314 e. The summed E-state index contributed by atoms with van der Waals surface area (Å²) in [7, 11) is 0. The molecule has 0 amide bonds. The average Bonchev–Trinajstić information content (AvgIpc) is 2.99. The quantitative estimate of drug-likeness (QED) is 0.673. The molecule has 3 aromatic rings. The van der Waals surface area contributed by atoms with Gasteiger partial charge in [-0.1, -0.05) is 49.4 Å². The van der Waals surface area contributed by atoms with Crippen molar-refractivity contribution in [2.24, 2.45) is 0 Å². The lowest BCUT2D eigenvalue weighted by molar-refractivity contribution is 0.800. The fourth-order valence-corrected chi connectivity index (χ4v) is 3.37. The van der Waals surface area contributed by atoms with Gasteiger partial charge in [0, 0.05) is 12.1 Å². The number of nitrogens with one attached hydrogen (secondary N) is 1. The number of rotatable bonds is 5. The molecule has 0 unspecified atom stereocenters. The molecule has 0 aliphatic heterocycles. The summed E-state index contributed by atoms with van der Waals surface area (Å²) in [5.41, 5.74) is 4.84. The van der Waals surface area contributed by atoms with Crippen LogP contribution in [0.2, 0.25) is 0 Å². The molecule has 22 heavy (non-hydrogen) atoms. The Morgan fingerprint density at radius 1 is 1.18 bits per heavy atom. The summed E-state index contributed by atoms with van der Waals surface area (Å²) >= 11 is 1.76. The Morgan fingerprint density at radius 3 is 2.77 bits per heavy atom. The summed E-state index contributed by atoms with van der Waals surface area (Å²) < 4.78 is 1.24. The van der Waals surface area contributed by atoms with Gasteiger partial charge in [-0.15, -0.1) is 11.3 Å². The van der Waals surface area contributed by atoms with Crippen LogP contribution in [0.4, 0.5) is 0 Å². The lowest BCUT2D eigenvalue weighted by atomic mass is 10.1. The summed E-state index contributed by atoms with van der Waals surface area (Å²) in [6.45, 7) is 6.20. The first-order valence-corrected chi connectivity index (χ1v) is 8.43. The predicted molar refractivity (Wildman–Crippen MR) is 97.3 cm³/mol. The van der Waals surface area contributed by atoms with Crippen LogP contribution < -0.4 is 5.32 Å². The van der Waals surface area contributed by atoms with Crippen molar-refractivity contribution in [1.29, 1.82) is 0 Å². The highest BCUT2D eigenvalue weighted by Crippen LogP contribution is 2.31. The monoisotopic (exact) mass is 308 g/mol. The second kappa shape index (κ2) is 6.86. The van der Waals surface area contributed by atoms with Crippen molar-refractivity contribution in [1.82, 2.24) is 10.3 Å². The number of nitrogens with zero attached hydrogens (tertiary/aromatic N) is 1. The Hall–Kier alpha value is -1.97. The molecular formula is C19H20N2S. The zero-order chi connectivity index (χ0) is 15.4. The molecule has 0 spiro atoms. The SMILES string of the molecule is CCNC/C=C(\C)c1ccc2nc(-c3ccccc3)sc2c1. The number of benzene rings is 2. The average molecular weight is 308 g/mol. The molecule has 2 nitrogen and oxygen atoms in total. The topological polar surface area (TPSA) is 24.9 Å². The Balaban J connectivity index is 1.92. The van der Waals surface area contributed by atoms with Gasteiger partial charge in [0.25, 0.3) is 0 Å². The maximum Gasteiger partial charge on any atom is 0.124 e. The van der Waals surface area contributed by atoms with Crippen LogP contribution in [0.1, 0.15) is 19.4 Å². The van der Waals surface area contributed by atoms with Crippen molar-refractivity contribution >= 4 is 27.1 Å². The molecule has 0 bridgehead atoms. The normalized spacial score (nSPS) is 12.0. The molecule has 0 fully saturated rings. The number of fused-ring (bicyclic) bond motifs is 1. The van der Waals surface area contributed by atoms with Gasteiger partial charge >= 0.3 is 0 Å². The summed E-state index contributed by atoms with van der Waals surface area (Å²) in [6, 6.07) is 16.9. The first-order valence-electron chi connectivity index (χ1n) is 7.62. The molecule has 0 aliphatic carbocycles. The van der Waals surface area contributed by atoms with E-state index in [-0.39, 0.29) is 0 Å². The van der Waals surface area contributed by atoms with Crippen LogP contribution in [0.5, 0.6) is 0 Å². The summed E-state index contributed by atoms with van der Waals surface area (Å²) in [6.07, 6.45) is 2.24. The van der Waals surface area contributed by atoms with Crippen LogP contribution >= 0.6 is 11.3 Å². The van der Waals surface area contributed by atoms with Crippen molar-refractivity contribution in [3.05, 3.63) is 60.2 Å². The van der Waals surface area contributed by atoms with Gasteiger partial charge in [-0.05, 0) is 36.7 Å². The van der Waals surface area contributed by atoms with E-state index in [2.05, 4.69) is 67.7 Å². The number of hydrogen-bond donors (Lipinski definition) is 1. The molecule has 3 rings (SSSR count). The van der Waals surface area contributed by atoms with Crippen LogP contribution in [0.15, 0.2) is 54.6 Å². The fraction of sp³-hybridized carbons (Fsp3) is 0.211. The highest BCUT2D eigenvalue weighted by atomic mass is 32.1. The molecule has 0 atom stereocenters. The van der Waals surface area contributed by atoms with Crippen LogP contribution in [0, 0.1) is 0 Å². The maximum absolute atomic E-state index is 4.75. The Morgan fingerprint density at radius 2 is 2.00 bits per heavy atom. The van der Waals surface area contributed by atoms with E-state index >= 15 is 0 Å². The van der Waals surface area contributed by atoms with Crippen LogP contribution in [-0.2, 0) is 0 Å². The molecule has 1 N–H and O–H groups in total. The number of hydrogen-bond acceptors (Lipinski definition) is 3. The van der Waals surface area contributed by atoms with Gasteiger partial charge in [0.05, 0.1) is 10.2 Å². The van der Waals surface area contributed by atoms with Gasteiger partial charge in [-0.2, -0.15) is 0 Å². The van der Waals surface area contributed by atoms with Gasteiger partial charge in [0.2, 0.25) is 0 Å². The minimum absolute atomic E-state index is 0.915. The lowest BCUT2D eigenvalue weighted by Crippen LogP contribution is -2.11.